The molecule has 1 aromatic heterocycles. The molecule has 0 aliphatic rings. The lowest BCUT2D eigenvalue weighted by Crippen LogP contribution is -1.78. The molecule has 1 heterocycles. The molecule has 0 radical (unpaired) electrons. The lowest BCUT2D eigenvalue weighted by molar-refractivity contribution is 0.620. The maximum absolute atomic E-state index is 5.99. The van der Waals surface area contributed by atoms with Gasteiger partial charge in [-0.15, -0.1) is 0 Å². The zero-order valence-corrected chi connectivity index (χ0v) is 12.6. The number of halogens is 3. The second-order valence-corrected chi connectivity index (χ2v) is 5.82. The van der Waals surface area contributed by atoms with E-state index >= 15 is 0 Å². The number of hydrogen-bond acceptors (Lipinski definition) is 2. The standard InChI is InChI=1S/C13H6Cl2INO/c14-9-3-1-7(5-10(9)15)13-17-11-6-8(16)2-4-12(11)18-13/h1-6H. The Morgan fingerprint density at radius 3 is 2.61 bits per heavy atom. The van der Waals surface area contributed by atoms with Crippen LogP contribution in [0.4, 0.5) is 0 Å². The second-order valence-electron chi connectivity index (χ2n) is 3.76. The predicted octanol–water partition coefficient (Wildman–Crippen LogP) is 5.41. The summed E-state index contributed by atoms with van der Waals surface area (Å²) in [4.78, 5) is 4.44. The summed E-state index contributed by atoms with van der Waals surface area (Å²) >= 11 is 14.1. The van der Waals surface area contributed by atoms with Crippen LogP contribution in [0, 0.1) is 3.57 Å². The topological polar surface area (TPSA) is 26.0 Å². The molecule has 0 saturated heterocycles. The molecule has 3 aromatic rings. The summed E-state index contributed by atoms with van der Waals surface area (Å²) in [5, 5.41) is 1.01. The van der Waals surface area contributed by atoms with Gasteiger partial charge < -0.3 is 4.42 Å². The molecule has 3 rings (SSSR count). The Labute approximate surface area is 127 Å². The first-order chi connectivity index (χ1) is 8.63. The van der Waals surface area contributed by atoms with Crippen molar-refractivity contribution in [3.8, 4) is 11.5 Å². The smallest absolute Gasteiger partial charge is 0.227 e. The molecule has 0 unspecified atom stereocenters. The molecule has 0 aliphatic carbocycles. The Balaban J connectivity index is 2.16. The van der Waals surface area contributed by atoms with E-state index in [0.29, 0.717) is 15.9 Å². The molecule has 0 bridgehead atoms. The normalized spacial score (nSPS) is 11.1. The molecule has 0 atom stereocenters. The van der Waals surface area contributed by atoms with Crippen molar-refractivity contribution in [2.24, 2.45) is 0 Å². The molecule has 0 aliphatic heterocycles. The van der Waals surface area contributed by atoms with Gasteiger partial charge in [-0.1, -0.05) is 23.2 Å². The minimum absolute atomic E-state index is 0.492. The molecule has 0 saturated carbocycles. The van der Waals surface area contributed by atoms with E-state index in [2.05, 4.69) is 27.6 Å². The number of fused-ring (bicyclic) bond motifs is 1. The van der Waals surface area contributed by atoms with Crippen LogP contribution < -0.4 is 0 Å². The first-order valence-electron chi connectivity index (χ1n) is 5.15. The number of rotatable bonds is 1. The Bertz CT molecular complexity index is 739. The third-order valence-corrected chi connectivity index (χ3v) is 3.93. The van der Waals surface area contributed by atoms with Crippen LogP contribution in [-0.2, 0) is 0 Å². The average molecular weight is 390 g/mol. The lowest BCUT2D eigenvalue weighted by Gasteiger charge is -1.97. The van der Waals surface area contributed by atoms with E-state index in [1.54, 1.807) is 12.1 Å². The van der Waals surface area contributed by atoms with E-state index in [1.807, 2.05) is 24.3 Å². The van der Waals surface area contributed by atoms with Gasteiger partial charge in [0, 0.05) is 9.13 Å². The van der Waals surface area contributed by atoms with Gasteiger partial charge in [0.2, 0.25) is 5.89 Å². The zero-order valence-electron chi connectivity index (χ0n) is 8.95. The average Bonchev–Trinajstić information content (AvgIpc) is 2.75. The predicted molar refractivity (Wildman–Crippen MR) is 82.2 cm³/mol. The molecule has 0 amide bonds. The number of oxazole rings is 1. The van der Waals surface area contributed by atoms with Crippen LogP contribution in [0.1, 0.15) is 0 Å². The molecule has 18 heavy (non-hydrogen) atoms. The van der Waals surface area contributed by atoms with Crippen molar-refractivity contribution in [3.05, 3.63) is 50.0 Å². The molecule has 5 heteroatoms. The SMILES string of the molecule is Clc1ccc(-c2nc3cc(I)ccc3o2)cc1Cl. The summed E-state index contributed by atoms with van der Waals surface area (Å²) in [6, 6.07) is 11.2. The minimum atomic E-state index is 0.492. The van der Waals surface area contributed by atoms with Crippen LogP contribution in [0.25, 0.3) is 22.6 Å². The highest BCUT2D eigenvalue weighted by molar-refractivity contribution is 14.1. The van der Waals surface area contributed by atoms with Crippen molar-refractivity contribution in [3.63, 3.8) is 0 Å². The number of hydrogen-bond donors (Lipinski definition) is 0. The molecule has 2 aromatic carbocycles. The van der Waals surface area contributed by atoms with Gasteiger partial charge in [-0.2, -0.15) is 0 Å². The largest absolute Gasteiger partial charge is 0.436 e. The highest BCUT2D eigenvalue weighted by atomic mass is 127. The first-order valence-corrected chi connectivity index (χ1v) is 6.98. The van der Waals surface area contributed by atoms with Crippen molar-refractivity contribution in [1.29, 1.82) is 0 Å². The first kappa shape index (κ1) is 12.3. The third-order valence-electron chi connectivity index (χ3n) is 2.52. The maximum atomic E-state index is 5.99. The van der Waals surface area contributed by atoms with Gasteiger partial charge in [0.15, 0.2) is 5.58 Å². The molecule has 0 N–H and O–H groups in total. The van der Waals surface area contributed by atoms with Crippen molar-refractivity contribution in [1.82, 2.24) is 4.98 Å². The van der Waals surface area contributed by atoms with E-state index in [4.69, 9.17) is 27.6 Å². The van der Waals surface area contributed by atoms with Crippen LogP contribution in [0.5, 0.6) is 0 Å². The Kier molecular flexibility index (Phi) is 3.21. The molecular formula is C13H6Cl2INO. The van der Waals surface area contributed by atoms with Crippen LogP contribution in [-0.4, -0.2) is 4.98 Å². The van der Waals surface area contributed by atoms with Gasteiger partial charge in [-0.25, -0.2) is 4.98 Å². The van der Waals surface area contributed by atoms with Gasteiger partial charge in [0.05, 0.1) is 10.0 Å². The fourth-order valence-corrected chi connectivity index (χ4v) is 2.43. The second kappa shape index (κ2) is 4.72. The number of benzene rings is 2. The molecular weight excluding hydrogens is 384 g/mol. The quantitative estimate of drug-likeness (QED) is 0.520. The highest BCUT2D eigenvalue weighted by Gasteiger charge is 2.09. The molecule has 0 fully saturated rings. The summed E-state index contributed by atoms with van der Waals surface area (Å²) in [5.74, 6) is 0.547. The monoisotopic (exact) mass is 389 g/mol. The number of aromatic nitrogens is 1. The van der Waals surface area contributed by atoms with Crippen molar-refractivity contribution in [2.45, 2.75) is 0 Å². The van der Waals surface area contributed by atoms with Gasteiger partial charge in [0.25, 0.3) is 0 Å². The maximum Gasteiger partial charge on any atom is 0.227 e. The van der Waals surface area contributed by atoms with Gasteiger partial charge in [-0.05, 0) is 59.0 Å². The van der Waals surface area contributed by atoms with Gasteiger partial charge >= 0.3 is 0 Å². The van der Waals surface area contributed by atoms with Crippen LogP contribution in [0.15, 0.2) is 40.8 Å². The summed E-state index contributed by atoms with van der Waals surface area (Å²) in [7, 11) is 0. The van der Waals surface area contributed by atoms with E-state index in [9.17, 15) is 0 Å². The third kappa shape index (κ3) is 2.22. The highest BCUT2D eigenvalue weighted by Crippen LogP contribution is 2.30. The van der Waals surface area contributed by atoms with E-state index in [-0.39, 0.29) is 0 Å². The number of nitrogens with zero attached hydrogens (tertiary/aromatic N) is 1. The fraction of sp³-hybridized carbons (Fsp3) is 0. The Hall–Kier alpha value is -0.780. The van der Waals surface area contributed by atoms with Crippen LogP contribution in [0.2, 0.25) is 10.0 Å². The van der Waals surface area contributed by atoms with Crippen LogP contribution in [0.3, 0.4) is 0 Å². The summed E-state index contributed by atoms with van der Waals surface area (Å²) in [6.07, 6.45) is 0. The minimum Gasteiger partial charge on any atom is -0.436 e. The van der Waals surface area contributed by atoms with Crippen molar-refractivity contribution >= 4 is 56.9 Å². The summed E-state index contributed by atoms with van der Waals surface area (Å²) < 4.78 is 6.81. The van der Waals surface area contributed by atoms with E-state index in [0.717, 1.165) is 20.2 Å². The Morgan fingerprint density at radius 2 is 1.83 bits per heavy atom. The molecule has 90 valence electrons. The van der Waals surface area contributed by atoms with E-state index < -0.39 is 0 Å². The van der Waals surface area contributed by atoms with Crippen molar-refractivity contribution in [2.75, 3.05) is 0 Å². The molecule has 2 nitrogen and oxygen atoms in total. The Morgan fingerprint density at radius 1 is 1.00 bits per heavy atom. The van der Waals surface area contributed by atoms with Crippen LogP contribution >= 0.6 is 45.8 Å². The molecule has 0 spiro atoms. The van der Waals surface area contributed by atoms with Gasteiger partial charge in [-0.3, -0.25) is 0 Å². The zero-order chi connectivity index (χ0) is 12.7. The van der Waals surface area contributed by atoms with Gasteiger partial charge in [0.1, 0.15) is 5.52 Å². The summed E-state index contributed by atoms with van der Waals surface area (Å²) in [6.45, 7) is 0. The lowest BCUT2D eigenvalue weighted by atomic mass is 10.2. The van der Waals surface area contributed by atoms with E-state index in [1.165, 1.54) is 0 Å². The van der Waals surface area contributed by atoms with Crippen molar-refractivity contribution < 1.29 is 4.42 Å². The summed E-state index contributed by atoms with van der Waals surface area (Å²) in [5.41, 5.74) is 2.41. The fourth-order valence-electron chi connectivity index (χ4n) is 1.65.